The van der Waals surface area contributed by atoms with Gasteiger partial charge in [0.1, 0.15) is 5.69 Å². The third-order valence-electron chi connectivity index (χ3n) is 3.19. The summed E-state index contributed by atoms with van der Waals surface area (Å²) in [7, 11) is 0. The molecule has 1 N–H and O–H groups in total. The van der Waals surface area contributed by atoms with Gasteiger partial charge < -0.3 is 9.72 Å². The molecule has 0 atom stereocenters. The van der Waals surface area contributed by atoms with Crippen LogP contribution in [0.1, 0.15) is 41.7 Å². The van der Waals surface area contributed by atoms with Crippen LogP contribution in [-0.2, 0) is 4.74 Å². The smallest absolute Gasteiger partial charge is 0.354 e. The fourth-order valence-electron chi connectivity index (χ4n) is 2.13. The van der Waals surface area contributed by atoms with Gasteiger partial charge in [0.15, 0.2) is 0 Å². The van der Waals surface area contributed by atoms with Crippen LogP contribution in [0.15, 0.2) is 24.3 Å². The third-order valence-corrected chi connectivity index (χ3v) is 3.19. The maximum absolute atomic E-state index is 11.6. The molecule has 0 unspecified atom stereocenters. The van der Waals surface area contributed by atoms with Gasteiger partial charge in [-0.2, -0.15) is 0 Å². The number of aromatic nitrogens is 1. The minimum atomic E-state index is -0.281. The highest BCUT2D eigenvalue weighted by Gasteiger charge is 2.23. The minimum Gasteiger partial charge on any atom is -0.461 e. The summed E-state index contributed by atoms with van der Waals surface area (Å²) in [6.45, 7) is 2.22. The highest BCUT2D eigenvalue weighted by molar-refractivity contribution is 5.95. The Bertz CT molecular complexity index is 567. The number of H-pyrrole nitrogens is 1. The zero-order valence-electron chi connectivity index (χ0n) is 9.82. The first-order chi connectivity index (χ1) is 8.28. The van der Waals surface area contributed by atoms with Crippen LogP contribution in [0, 0.1) is 0 Å². The number of carbonyl (C=O) groups excluding carboxylic acids is 1. The molecule has 0 aliphatic heterocycles. The Kier molecular flexibility index (Phi) is 2.39. The monoisotopic (exact) mass is 229 g/mol. The van der Waals surface area contributed by atoms with E-state index in [0.29, 0.717) is 12.3 Å². The molecule has 88 valence electrons. The van der Waals surface area contributed by atoms with Crippen LogP contribution in [0.2, 0.25) is 0 Å². The van der Waals surface area contributed by atoms with Crippen LogP contribution in [0.5, 0.6) is 0 Å². The Hall–Kier alpha value is -1.77. The average molecular weight is 229 g/mol. The van der Waals surface area contributed by atoms with Gasteiger partial charge in [-0.15, -0.1) is 0 Å². The van der Waals surface area contributed by atoms with E-state index in [9.17, 15) is 4.79 Å². The van der Waals surface area contributed by atoms with Crippen LogP contribution in [-0.4, -0.2) is 17.6 Å². The van der Waals surface area contributed by atoms with E-state index in [4.69, 9.17) is 4.74 Å². The molecule has 1 saturated carbocycles. The lowest BCUT2D eigenvalue weighted by molar-refractivity contribution is 0.0520. The molecule has 2 aromatic rings. The van der Waals surface area contributed by atoms with E-state index in [1.165, 1.54) is 18.4 Å². The van der Waals surface area contributed by atoms with Crippen molar-refractivity contribution in [3.63, 3.8) is 0 Å². The Labute approximate surface area is 99.8 Å². The summed E-state index contributed by atoms with van der Waals surface area (Å²) in [5.74, 6) is 0.449. The molecule has 3 rings (SSSR count). The van der Waals surface area contributed by atoms with Gasteiger partial charge in [-0.25, -0.2) is 4.79 Å². The molecule has 1 aliphatic carbocycles. The van der Waals surface area contributed by atoms with Gasteiger partial charge in [0.05, 0.1) is 6.61 Å². The molecule has 3 heteroatoms. The number of hydrogen-bond acceptors (Lipinski definition) is 2. The Morgan fingerprint density at radius 1 is 1.41 bits per heavy atom. The number of nitrogens with one attached hydrogen (secondary N) is 1. The molecule has 0 spiro atoms. The van der Waals surface area contributed by atoms with E-state index in [1.54, 1.807) is 0 Å². The van der Waals surface area contributed by atoms with E-state index < -0.39 is 0 Å². The van der Waals surface area contributed by atoms with E-state index >= 15 is 0 Å². The lowest BCUT2D eigenvalue weighted by Crippen LogP contribution is -2.04. The number of benzene rings is 1. The van der Waals surface area contributed by atoms with Gasteiger partial charge in [0, 0.05) is 10.9 Å². The van der Waals surface area contributed by atoms with Gasteiger partial charge in [0.25, 0.3) is 0 Å². The molecule has 17 heavy (non-hydrogen) atoms. The van der Waals surface area contributed by atoms with Crippen molar-refractivity contribution < 1.29 is 9.53 Å². The summed E-state index contributed by atoms with van der Waals surface area (Å²) in [4.78, 5) is 14.7. The van der Waals surface area contributed by atoms with E-state index in [2.05, 4.69) is 23.2 Å². The third kappa shape index (κ3) is 1.93. The van der Waals surface area contributed by atoms with Crippen LogP contribution in [0.4, 0.5) is 0 Å². The average Bonchev–Trinajstić information content (AvgIpc) is 3.08. The standard InChI is InChI=1S/C14H15NO2/c1-2-17-14(16)13-8-11-6-5-10(9-3-4-9)7-12(11)15-13/h5-9,15H,2-4H2,1H3. The van der Waals surface area contributed by atoms with Gasteiger partial charge in [-0.05, 0) is 43.4 Å². The molecular formula is C14H15NO2. The molecule has 0 radical (unpaired) electrons. The molecular weight excluding hydrogens is 214 g/mol. The Morgan fingerprint density at radius 3 is 2.94 bits per heavy atom. The largest absolute Gasteiger partial charge is 0.461 e. The molecule has 1 heterocycles. The number of rotatable bonds is 3. The van der Waals surface area contributed by atoms with E-state index in [-0.39, 0.29) is 5.97 Å². The molecule has 0 amide bonds. The predicted molar refractivity (Wildman–Crippen MR) is 66.2 cm³/mol. The van der Waals surface area contributed by atoms with Gasteiger partial charge in [-0.1, -0.05) is 12.1 Å². The normalized spacial score (nSPS) is 15.1. The van der Waals surface area contributed by atoms with Crippen LogP contribution in [0.25, 0.3) is 10.9 Å². The molecule has 0 bridgehead atoms. The molecule has 1 aromatic carbocycles. The second kappa shape index (κ2) is 3.91. The second-order valence-corrected chi connectivity index (χ2v) is 4.52. The SMILES string of the molecule is CCOC(=O)c1cc2ccc(C3CC3)cc2[nH]1. The summed E-state index contributed by atoms with van der Waals surface area (Å²) in [6.07, 6.45) is 2.58. The van der Waals surface area contributed by atoms with Crippen molar-refractivity contribution in [3.05, 3.63) is 35.5 Å². The zero-order valence-corrected chi connectivity index (χ0v) is 9.82. The molecule has 1 fully saturated rings. The van der Waals surface area contributed by atoms with Crippen LogP contribution < -0.4 is 0 Å². The number of carbonyl (C=O) groups is 1. The summed E-state index contributed by atoms with van der Waals surface area (Å²) >= 11 is 0. The maximum Gasteiger partial charge on any atom is 0.354 e. The lowest BCUT2D eigenvalue weighted by Gasteiger charge is -1.97. The van der Waals surface area contributed by atoms with Gasteiger partial charge >= 0.3 is 5.97 Å². The van der Waals surface area contributed by atoms with Crippen molar-refractivity contribution in [1.29, 1.82) is 0 Å². The van der Waals surface area contributed by atoms with Crippen molar-refractivity contribution in [1.82, 2.24) is 4.98 Å². The first kappa shape index (κ1) is 10.4. The van der Waals surface area contributed by atoms with Crippen molar-refractivity contribution in [2.24, 2.45) is 0 Å². The highest BCUT2D eigenvalue weighted by atomic mass is 16.5. The van der Waals surface area contributed by atoms with E-state index in [0.717, 1.165) is 16.8 Å². The topological polar surface area (TPSA) is 42.1 Å². The summed E-state index contributed by atoms with van der Waals surface area (Å²) in [5.41, 5.74) is 2.93. The number of ether oxygens (including phenoxy) is 1. The first-order valence-electron chi connectivity index (χ1n) is 6.07. The lowest BCUT2D eigenvalue weighted by atomic mass is 10.1. The molecule has 3 nitrogen and oxygen atoms in total. The number of esters is 1. The fourth-order valence-corrected chi connectivity index (χ4v) is 2.13. The first-order valence-corrected chi connectivity index (χ1v) is 6.07. The van der Waals surface area contributed by atoms with E-state index in [1.807, 2.05) is 13.0 Å². The van der Waals surface area contributed by atoms with Crippen LogP contribution in [0.3, 0.4) is 0 Å². The van der Waals surface area contributed by atoms with Crippen molar-refractivity contribution in [3.8, 4) is 0 Å². The minimum absolute atomic E-state index is 0.281. The Balaban J connectivity index is 1.97. The second-order valence-electron chi connectivity index (χ2n) is 4.52. The van der Waals surface area contributed by atoms with Crippen molar-refractivity contribution >= 4 is 16.9 Å². The molecule has 0 saturated heterocycles. The highest BCUT2D eigenvalue weighted by Crippen LogP contribution is 2.40. The number of aromatic amines is 1. The maximum atomic E-state index is 11.6. The fraction of sp³-hybridized carbons (Fsp3) is 0.357. The predicted octanol–water partition coefficient (Wildman–Crippen LogP) is 3.22. The van der Waals surface area contributed by atoms with Gasteiger partial charge in [-0.3, -0.25) is 0 Å². The quantitative estimate of drug-likeness (QED) is 0.821. The summed E-state index contributed by atoms with van der Waals surface area (Å²) in [6, 6.07) is 8.23. The summed E-state index contributed by atoms with van der Waals surface area (Å²) < 4.78 is 4.98. The van der Waals surface area contributed by atoms with Gasteiger partial charge in [0.2, 0.25) is 0 Å². The molecule has 1 aromatic heterocycles. The van der Waals surface area contributed by atoms with Crippen molar-refractivity contribution in [2.75, 3.05) is 6.61 Å². The Morgan fingerprint density at radius 2 is 2.24 bits per heavy atom. The number of fused-ring (bicyclic) bond motifs is 1. The van der Waals surface area contributed by atoms with Crippen molar-refractivity contribution in [2.45, 2.75) is 25.7 Å². The van der Waals surface area contributed by atoms with Crippen LogP contribution >= 0.6 is 0 Å². The molecule has 1 aliphatic rings. The number of hydrogen-bond donors (Lipinski definition) is 1. The summed E-state index contributed by atoms with van der Waals surface area (Å²) in [5, 5.41) is 1.07. The zero-order chi connectivity index (χ0) is 11.8.